The standard InChI is InChI=1S/C20H17BrN2O2/c1-13-3-9-18(19(21)11-13)20-10-8-17(25-20)12-22-15-4-6-16(7-5-15)23-14(2)24/h3-12H,1-2H3,(H,23,24). The van der Waals surface area contributed by atoms with E-state index in [1.54, 1.807) is 6.21 Å². The topological polar surface area (TPSA) is 54.6 Å². The highest BCUT2D eigenvalue weighted by molar-refractivity contribution is 9.10. The third-order valence-corrected chi connectivity index (χ3v) is 4.20. The molecule has 1 heterocycles. The molecule has 3 aromatic rings. The van der Waals surface area contributed by atoms with Crippen LogP contribution < -0.4 is 5.32 Å². The molecule has 0 bridgehead atoms. The van der Waals surface area contributed by atoms with Crippen LogP contribution in [0, 0.1) is 6.92 Å². The van der Waals surface area contributed by atoms with Crippen molar-refractivity contribution in [2.45, 2.75) is 13.8 Å². The molecular formula is C20H17BrN2O2. The number of aliphatic imine (C=N–C) groups is 1. The number of halogens is 1. The Morgan fingerprint density at radius 1 is 1.12 bits per heavy atom. The monoisotopic (exact) mass is 396 g/mol. The zero-order valence-corrected chi connectivity index (χ0v) is 15.5. The Balaban J connectivity index is 1.74. The number of aryl methyl sites for hydroxylation is 1. The molecule has 1 amide bonds. The maximum atomic E-state index is 11.0. The number of anilines is 1. The highest BCUT2D eigenvalue weighted by Crippen LogP contribution is 2.30. The summed E-state index contributed by atoms with van der Waals surface area (Å²) in [4.78, 5) is 15.4. The molecule has 0 aliphatic rings. The second-order valence-corrected chi connectivity index (χ2v) is 6.53. The summed E-state index contributed by atoms with van der Waals surface area (Å²) in [5.41, 5.74) is 3.72. The number of amides is 1. The van der Waals surface area contributed by atoms with Gasteiger partial charge in [0.1, 0.15) is 11.5 Å². The lowest BCUT2D eigenvalue weighted by atomic mass is 10.1. The van der Waals surface area contributed by atoms with Gasteiger partial charge in [-0.2, -0.15) is 0 Å². The summed E-state index contributed by atoms with van der Waals surface area (Å²) in [5.74, 6) is 1.37. The second-order valence-electron chi connectivity index (χ2n) is 5.67. The molecule has 0 spiro atoms. The lowest BCUT2D eigenvalue weighted by Gasteiger charge is -2.02. The minimum Gasteiger partial charge on any atom is -0.455 e. The zero-order chi connectivity index (χ0) is 17.8. The van der Waals surface area contributed by atoms with Crippen LogP contribution in [0.4, 0.5) is 11.4 Å². The van der Waals surface area contributed by atoms with Crippen molar-refractivity contribution < 1.29 is 9.21 Å². The molecule has 0 radical (unpaired) electrons. The molecule has 0 saturated carbocycles. The predicted octanol–water partition coefficient (Wildman–Crippen LogP) is 5.73. The molecule has 25 heavy (non-hydrogen) atoms. The average Bonchev–Trinajstić information content (AvgIpc) is 3.02. The van der Waals surface area contributed by atoms with E-state index in [1.807, 2.05) is 55.5 Å². The summed E-state index contributed by atoms with van der Waals surface area (Å²) in [7, 11) is 0. The molecule has 1 N–H and O–H groups in total. The third kappa shape index (κ3) is 4.45. The number of furan rings is 1. The van der Waals surface area contributed by atoms with Crippen LogP contribution in [-0.4, -0.2) is 12.1 Å². The van der Waals surface area contributed by atoms with E-state index < -0.39 is 0 Å². The van der Waals surface area contributed by atoms with Gasteiger partial charge in [0.2, 0.25) is 5.91 Å². The first-order valence-corrected chi connectivity index (χ1v) is 8.58. The van der Waals surface area contributed by atoms with E-state index in [1.165, 1.54) is 12.5 Å². The molecule has 0 aliphatic carbocycles. The van der Waals surface area contributed by atoms with Gasteiger partial charge in [-0.15, -0.1) is 0 Å². The van der Waals surface area contributed by atoms with E-state index >= 15 is 0 Å². The first kappa shape index (κ1) is 17.2. The van der Waals surface area contributed by atoms with Crippen LogP contribution >= 0.6 is 15.9 Å². The number of carbonyl (C=O) groups is 1. The molecule has 0 atom stereocenters. The number of nitrogens with one attached hydrogen (secondary N) is 1. The Morgan fingerprint density at radius 3 is 2.56 bits per heavy atom. The van der Waals surface area contributed by atoms with Gasteiger partial charge >= 0.3 is 0 Å². The number of nitrogens with zero attached hydrogens (tertiary/aromatic N) is 1. The fourth-order valence-corrected chi connectivity index (χ4v) is 3.05. The molecule has 5 heteroatoms. The maximum absolute atomic E-state index is 11.0. The third-order valence-electron chi connectivity index (χ3n) is 3.55. The first-order valence-electron chi connectivity index (χ1n) is 7.79. The highest BCUT2D eigenvalue weighted by atomic mass is 79.9. The highest BCUT2D eigenvalue weighted by Gasteiger charge is 2.07. The quantitative estimate of drug-likeness (QED) is 0.572. The van der Waals surface area contributed by atoms with Crippen molar-refractivity contribution in [1.29, 1.82) is 0 Å². The molecule has 126 valence electrons. The fraction of sp³-hybridized carbons (Fsp3) is 0.100. The number of hydrogen-bond donors (Lipinski definition) is 1. The van der Waals surface area contributed by atoms with Crippen LogP contribution in [0.25, 0.3) is 11.3 Å². The number of rotatable bonds is 4. The molecule has 4 nitrogen and oxygen atoms in total. The Labute approximate surface area is 154 Å². The Hall–Kier alpha value is -2.66. The van der Waals surface area contributed by atoms with Crippen molar-refractivity contribution in [3.63, 3.8) is 0 Å². The van der Waals surface area contributed by atoms with E-state index in [4.69, 9.17) is 4.42 Å². The molecule has 0 aliphatic heterocycles. The number of carbonyl (C=O) groups excluding carboxylic acids is 1. The van der Waals surface area contributed by atoms with Gasteiger partial charge in [0.15, 0.2) is 0 Å². The zero-order valence-electron chi connectivity index (χ0n) is 13.9. The Kier molecular flexibility index (Phi) is 5.14. The summed E-state index contributed by atoms with van der Waals surface area (Å²) < 4.78 is 6.85. The fourth-order valence-electron chi connectivity index (χ4n) is 2.36. The van der Waals surface area contributed by atoms with Crippen molar-refractivity contribution in [3.8, 4) is 11.3 Å². The summed E-state index contributed by atoms with van der Waals surface area (Å²) in [5, 5.41) is 2.72. The van der Waals surface area contributed by atoms with Crippen molar-refractivity contribution >= 4 is 39.4 Å². The predicted molar refractivity (Wildman–Crippen MR) is 105 cm³/mol. The minimum atomic E-state index is -0.0957. The van der Waals surface area contributed by atoms with Gasteiger partial charge in [-0.25, -0.2) is 0 Å². The SMILES string of the molecule is CC(=O)Nc1ccc(N=Cc2ccc(-c3ccc(C)cc3Br)o2)cc1. The van der Waals surface area contributed by atoms with E-state index in [9.17, 15) is 4.79 Å². The Morgan fingerprint density at radius 2 is 1.88 bits per heavy atom. The van der Waals surface area contributed by atoms with Crippen LogP contribution in [-0.2, 0) is 4.79 Å². The van der Waals surface area contributed by atoms with E-state index in [-0.39, 0.29) is 5.91 Å². The summed E-state index contributed by atoms with van der Waals surface area (Å²) in [6.07, 6.45) is 1.68. The van der Waals surface area contributed by atoms with Gasteiger partial charge in [-0.1, -0.05) is 22.0 Å². The van der Waals surface area contributed by atoms with Gasteiger partial charge in [0.25, 0.3) is 0 Å². The number of benzene rings is 2. The lowest BCUT2D eigenvalue weighted by Crippen LogP contribution is -2.04. The van der Waals surface area contributed by atoms with Gasteiger partial charge in [0.05, 0.1) is 11.9 Å². The van der Waals surface area contributed by atoms with Crippen molar-refractivity contribution in [1.82, 2.24) is 0 Å². The number of hydrogen-bond acceptors (Lipinski definition) is 3. The Bertz CT molecular complexity index is 927. The molecule has 0 fully saturated rings. The van der Waals surface area contributed by atoms with E-state index in [0.717, 1.165) is 27.2 Å². The minimum absolute atomic E-state index is 0.0957. The van der Waals surface area contributed by atoms with Crippen LogP contribution in [0.15, 0.2) is 68.5 Å². The van der Waals surface area contributed by atoms with Crippen LogP contribution in [0.2, 0.25) is 0 Å². The van der Waals surface area contributed by atoms with Crippen molar-refractivity contribution in [2.75, 3.05) is 5.32 Å². The normalized spacial score (nSPS) is 11.0. The van der Waals surface area contributed by atoms with Crippen LogP contribution in [0.3, 0.4) is 0 Å². The molecule has 0 unspecified atom stereocenters. The van der Waals surface area contributed by atoms with Crippen LogP contribution in [0.1, 0.15) is 18.2 Å². The molecular weight excluding hydrogens is 380 g/mol. The summed E-state index contributed by atoms with van der Waals surface area (Å²) in [6, 6.07) is 17.2. The van der Waals surface area contributed by atoms with Gasteiger partial charge < -0.3 is 9.73 Å². The molecule has 1 aromatic heterocycles. The second kappa shape index (κ2) is 7.49. The summed E-state index contributed by atoms with van der Waals surface area (Å²) >= 11 is 3.57. The van der Waals surface area contributed by atoms with Gasteiger partial charge in [-0.05, 0) is 61.0 Å². The summed E-state index contributed by atoms with van der Waals surface area (Å²) in [6.45, 7) is 3.53. The van der Waals surface area contributed by atoms with Crippen molar-refractivity contribution in [3.05, 3.63) is 70.4 Å². The molecule has 0 saturated heterocycles. The largest absolute Gasteiger partial charge is 0.455 e. The first-order chi connectivity index (χ1) is 12.0. The van der Waals surface area contributed by atoms with Crippen molar-refractivity contribution in [2.24, 2.45) is 4.99 Å². The lowest BCUT2D eigenvalue weighted by molar-refractivity contribution is -0.114. The van der Waals surface area contributed by atoms with E-state index in [2.05, 4.69) is 32.3 Å². The van der Waals surface area contributed by atoms with Gasteiger partial charge in [-0.3, -0.25) is 9.79 Å². The molecule has 3 rings (SSSR count). The van der Waals surface area contributed by atoms with Crippen LogP contribution in [0.5, 0.6) is 0 Å². The average molecular weight is 397 g/mol. The molecule has 2 aromatic carbocycles. The van der Waals surface area contributed by atoms with E-state index in [0.29, 0.717) is 5.76 Å². The smallest absolute Gasteiger partial charge is 0.221 e. The maximum Gasteiger partial charge on any atom is 0.221 e. The van der Waals surface area contributed by atoms with Gasteiger partial charge in [0, 0.05) is 22.6 Å².